The molecular weight excluding hydrogens is 289 g/mol. The third-order valence-corrected chi connectivity index (χ3v) is 3.60. The summed E-state index contributed by atoms with van der Waals surface area (Å²) in [4.78, 5) is 38.4. The molecule has 0 fully saturated rings. The maximum absolute atomic E-state index is 11.5. The van der Waals surface area contributed by atoms with Gasteiger partial charge in [-0.1, -0.05) is 0 Å². The van der Waals surface area contributed by atoms with Crippen LogP contribution in [0.25, 0.3) is 0 Å². The minimum Gasteiger partial charge on any atom is -0.399 e. The van der Waals surface area contributed by atoms with Gasteiger partial charge in [0.15, 0.2) is 11.9 Å². The molecule has 9 nitrogen and oxygen atoms in total. The minimum atomic E-state index is -4.37. The average molecular weight is 303 g/mol. The molecule has 0 saturated heterocycles. The number of rotatable bonds is 3. The van der Waals surface area contributed by atoms with E-state index in [1.54, 1.807) is 6.92 Å². The first-order valence-corrected chi connectivity index (χ1v) is 7.37. The highest BCUT2D eigenvalue weighted by molar-refractivity contribution is 7.52. The normalized spacial score (nSPS) is 26.4. The number of hydrogen-bond acceptors (Lipinski definition) is 6. The van der Waals surface area contributed by atoms with Crippen LogP contribution in [0.1, 0.15) is 6.92 Å². The highest BCUT2D eigenvalue weighted by Crippen LogP contribution is 2.44. The predicted octanol–water partition coefficient (Wildman–Crippen LogP) is -0.899. The zero-order chi connectivity index (χ0) is 14.9. The number of aromatic nitrogens is 2. The van der Waals surface area contributed by atoms with Gasteiger partial charge in [0.2, 0.25) is 0 Å². The summed E-state index contributed by atoms with van der Waals surface area (Å²) < 4.78 is 17.1. The van der Waals surface area contributed by atoms with E-state index in [1.165, 1.54) is 24.4 Å². The number of nitrogen functional groups attached to an aromatic ring is 1. The van der Waals surface area contributed by atoms with Crippen molar-refractivity contribution in [2.45, 2.75) is 25.0 Å². The monoisotopic (exact) mass is 303 g/mol. The average Bonchev–Trinajstić information content (AvgIpc) is 2.33. The molecule has 0 amide bonds. The highest BCUT2D eigenvalue weighted by atomic mass is 31.2. The fourth-order valence-electron chi connectivity index (χ4n) is 1.63. The van der Waals surface area contributed by atoms with E-state index in [9.17, 15) is 9.36 Å². The standard InChI is InChI=1S/C10H14N3O6P/c1-6-7(2-3-9(18-6)20(15,16)17)19-13-5-4-8(11)12-10(13)14/h2-7,9H,1H3,(H2,11,12,14)(H2,15,16,17)/t6-,7-,9+/m0/s1. The van der Waals surface area contributed by atoms with Crippen molar-refractivity contribution in [3.05, 3.63) is 34.9 Å². The molecule has 4 N–H and O–H groups in total. The van der Waals surface area contributed by atoms with Gasteiger partial charge in [-0.05, 0) is 19.1 Å². The Balaban J connectivity index is 2.15. The molecule has 2 heterocycles. The predicted molar refractivity (Wildman–Crippen MR) is 68.8 cm³/mol. The fraction of sp³-hybridized carbons (Fsp3) is 0.400. The van der Waals surface area contributed by atoms with Gasteiger partial charge in [0.25, 0.3) is 0 Å². The van der Waals surface area contributed by atoms with Crippen molar-refractivity contribution >= 4 is 13.4 Å². The molecular formula is C10H14N3O6P. The number of nitrogens with zero attached hydrogens (tertiary/aromatic N) is 2. The molecule has 20 heavy (non-hydrogen) atoms. The first kappa shape index (κ1) is 14.7. The van der Waals surface area contributed by atoms with Gasteiger partial charge in [0.1, 0.15) is 5.82 Å². The Labute approximate surface area is 113 Å². The third kappa shape index (κ3) is 3.26. The molecule has 0 bridgehead atoms. The second-order valence-corrected chi connectivity index (χ2v) is 5.92. The van der Waals surface area contributed by atoms with Crippen molar-refractivity contribution in [1.82, 2.24) is 9.71 Å². The molecule has 0 spiro atoms. The maximum Gasteiger partial charge on any atom is 0.382 e. The maximum atomic E-state index is 11.5. The summed E-state index contributed by atoms with van der Waals surface area (Å²) in [6.45, 7) is 1.58. The largest absolute Gasteiger partial charge is 0.399 e. The van der Waals surface area contributed by atoms with E-state index in [0.29, 0.717) is 0 Å². The van der Waals surface area contributed by atoms with Crippen LogP contribution in [0.2, 0.25) is 0 Å². The van der Waals surface area contributed by atoms with Crippen LogP contribution in [0.5, 0.6) is 0 Å². The lowest BCUT2D eigenvalue weighted by molar-refractivity contribution is -0.0661. The second-order valence-electron chi connectivity index (χ2n) is 4.24. The molecule has 1 aromatic rings. The molecule has 1 aliphatic rings. The van der Waals surface area contributed by atoms with E-state index >= 15 is 0 Å². The molecule has 0 radical (unpaired) electrons. The summed E-state index contributed by atoms with van der Waals surface area (Å²) in [7, 11) is -4.37. The highest BCUT2D eigenvalue weighted by Gasteiger charge is 2.35. The van der Waals surface area contributed by atoms with Crippen LogP contribution in [0.15, 0.2) is 29.2 Å². The van der Waals surface area contributed by atoms with Gasteiger partial charge in [-0.2, -0.15) is 4.98 Å². The molecule has 1 aliphatic heterocycles. The van der Waals surface area contributed by atoms with E-state index < -0.39 is 31.3 Å². The summed E-state index contributed by atoms with van der Waals surface area (Å²) in [6.07, 6.45) is 2.62. The smallest absolute Gasteiger partial charge is 0.382 e. The van der Waals surface area contributed by atoms with E-state index in [0.717, 1.165) is 4.73 Å². The van der Waals surface area contributed by atoms with E-state index in [2.05, 4.69) is 4.98 Å². The Hall–Kier alpha value is -1.67. The van der Waals surface area contributed by atoms with Gasteiger partial charge >= 0.3 is 13.3 Å². The van der Waals surface area contributed by atoms with Crippen molar-refractivity contribution in [3.63, 3.8) is 0 Å². The van der Waals surface area contributed by atoms with Crippen molar-refractivity contribution in [2.75, 3.05) is 5.73 Å². The lowest BCUT2D eigenvalue weighted by Gasteiger charge is -2.30. The van der Waals surface area contributed by atoms with Gasteiger partial charge in [-0.3, -0.25) is 4.57 Å². The summed E-state index contributed by atoms with van der Waals surface area (Å²) in [5.41, 5.74) is 4.66. The molecule has 2 rings (SSSR count). The van der Waals surface area contributed by atoms with Crippen LogP contribution in [0, 0.1) is 0 Å². The van der Waals surface area contributed by atoms with Gasteiger partial charge < -0.3 is 25.1 Å². The van der Waals surface area contributed by atoms with Crippen molar-refractivity contribution in [1.29, 1.82) is 0 Å². The van der Waals surface area contributed by atoms with Gasteiger partial charge in [0.05, 0.1) is 12.3 Å². The van der Waals surface area contributed by atoms with E-state index in [-0.39, 0.29) is 5.82 Å². The lowest BCUT2D eigenvalue weighted by Crippen LogP contribution is -2.43. The number of ether oxygens (including phenoxy) is 1. The van der Waals surface area contributed by atoms with Crippen LogP contribution in [-0.4, -0.2) is 37.6 Å². The number of nitrogens with two attached hydrogens (primary N) is 1. The minimum absolute atomic E-state index is 0.0694. The Bertz CT molecular complexity index is 624. The molecule has 110 valence electrons. The summed E-state index contributed by atoms with van der Waals surface area (Å²) in [5, 5.41) is 0. The zero-order valence-corrected chi connectivity index (χ0v) is 11.4. The second kappa shape index (κ2) is 5.37. The summed E-state index contributed by atoms with van der Waals surface area (Å²) in [6, 6.07) is 1.39. The van der Waals surface area contributed by atoms with E-state index in [4.69, 9.17) is 25.1 Å². The van der Waals surface area contributed by atoms with Crippen LogP contribution in [-0.2, 0) is 9.30 Å². The molecule has 0 aromatic carbocycles. The van der Waals surface area contributed by atoms with Gasteiger partial charge in [-0.25, -0.2) is 4.79 Å². The molecule has 0 saturated carbocycles. The molecule has 1 aromatic heterocycles. The topological polar surface area (TPSA) is 137 Å². The van der Waals surface area contributed by atoms with E-state index in [1.807, 2.05) is 0 Å². The Morgan fingerprint density at radius 1 is 1.50 bits per heavy atom. The van der Waals surface area contributed by atoms with Crippen molar-refractivity contribution < 1.29 is 23.9 Å². The first-order valence-electron chi connectivity index (χ1n) is 5.68. The first-order chi connectivity index (χ1) is 9.27. The lowest BCUT2D eigenvalue weighted by atomic mass is 10.2. The van der Waals surface area contributed by atoms with Crippen LogP contribution >= 0.6 is 7.60 Å². The van der Waals surface area contributed by atoms with Gasteiger partial charge in [-0.15, -0.1) is 4.73 Å². The third-order valence-electron chi connectivity index (χ3n) is 2.64. The van der Waals surface area contributed by atoms with Crippen LogP contribution in [0.3, 0.4) is 0 Å². The molecule has 0 unspecified atom stereocenters. The number of hydrogen-bond donors (Lipinski definition) is 3. The number of anilines is 1. The molecule has 0 aliphatic carbocycles. The Kier molecular flexibility index (Phi) is 3.96. The molecule has 10 heteroatoms. The fourth-order valence-corrected chi connectivity index (χ4v) is 2.31. The van der Waals surface area contributed by atoms with Crippen LogP contribution in [0.4, 0.5) is 5.82 Å². The Morgan fingerprint density at radius 2 is 2.20 bits per heavy atom. The summed E-state index contributed by atoms with van der Waals surface area (Å²) in [5.74, 6) is -1.24. The zero-order valence-electron chi connectivity index (χ0n) is 10.5. The van der Waals surface area contributed by atoms with Gasteiger partial charge in [0, 0.05) is 6.07 Å². The van der Waals surface area contributed by atoms with Crippen LogP contribution < -0.4 is 16.3 Å². The Morgan fingerprint density at radius 3 is 2.75 bits per heavy atom. The quantitative estimate of drug-likeness (QED) is 0.482. The van der Waals surface area contributed by atoms with Crippen molar-refractivity contribution in [2.24, 2.45) is 0 Å². The molecule has 3 atom stereocenters. The summed E-state index contributed by atoms with van der Waals surface area (Å²) >= 11 is 0. The SMILES string of the molecule is C[C@@H]1O[C@H](P(=O)(O)O)C=C[C@@H]1On1ccc(N)nc1=O. The van der Waals surface area contributed by atoms with Crippen molar-refractivity contribution in [3.8, 4) is 0 Å².